The van der Waals surface area contributed by atoms with Crippen molar-refractivity contribution < 1.29 is 0 Å². The molecular weight excluding hydrogens is 374 g/mol. The fourth-order valence-corrected chi connectivity index (χ4v) is 4.28. The predicted molar refractivity (Wildman–Crippen MR) is 119 cm³/mol. The number of fused-ring (bicyclic) bond motifs is 2. The quantitative estimate of drug-likeness (QED) is 0.547. The number of hydrogen-bond donors (Lipinski definition) is 1. The SMILES string of the molecule is CC(C)CN1CCC(Nc2ncc3c(-c4cnc5ncccc5c4)ccn3n2)CC1. The van der Waals surface area contributed by atoms with Crippen LogP contribution in [0.4, 0.5) is 5.95 Å². The van der Waals surface area contributed by atoms with E-state index >= 15 is 0 Å². The van der Waals surface area contributed by atoms with Crippen LogP contribution in [0.2, 0.25) is 0 Å². The van der Waals surface area contributed by atoms with Crippen LogP contribution in [-0.4, -0.2) is 55.1 Å². The summed E-state index contributed by atoms with van der Waals surface area (Å²) in [7, 11) is 0. The van der Waals surface area contributed by atoms with E-state index in [4.69, 9.17) is 5.10 Å². The molecule has 0 bridgehead atoms. The Balaban J connectivity index is 1.33. The van der Waals surface area contributed by atoms with E-state index in [2.05, 4.69) is 51.1 Å². The summed E-state index contributed by atoms with van der Waals surface area (Å²) < 4.78 is 1.89. The van der Waals surface area contributed by atoms with Gasteiger partial charge in [-0.3, -0.25) is 0 Å². The highest BCUT2D eigenvalue weighted by Gasteiger charge is 2.20. The van der Waals surface area contributed by atoms with E-state index in [1.54, 1.807) is 6.20 Å². The summed E-state index contributed by atoms with van der Waals surface area (Å²) in [5.74, 6) is 1.41. The predicted octanol–water partition coefficient (Wildman–Crippen LogP) is 3.87. The molecule has 7 nitrogen and oxygen atoms in total. The van der Waals surface area contributed by atoms with Crippen LogP contribution in [0.25, 0.3) is 27.7 Å². The minimum atomic E-state index is 0.429. The highest BCUT2D eigenvalue weighted by molar-refractivity contribution is 5.86. The van der Waals surface area contributed by atoms with E-state index in [-0.39, 0.29) is 0 Å². The second-order valence-electron chi connectivity index (χ2n) is 8.53. The van der Waals surface area contributed by atoms with Crippen molar-refractivity contribution >= 4 is 22.5 Å². The highest BCUT2D eigenvalue weighted by Crippen LogP contribution is 2.27. The molecule has 5 heterocycles. The maximum Gasteiger partial charge on any atom is 0.241 e. The van der Waals surface area contributed by atoms with Gasteiger partial charge in [0.2, 0.25) is 5.95 Å². The van der Waals surface area contributed by atoms with Crippen molar-refractivity contribution in [3.05, 3.63) is 49.1 Å². The van der Waals surface area contributed by atoms with Crippen molar-refractivity contribution in [2.75, 3.05) is 25.0 Å². The van der Waals surface area contributed by atoms with Gasteiger partial charge in [0.25, 0.3) is 0 Å². The summed E-state index contributed by atoms with van der Waals surface area (Å²) in [6, 6.07) is 8.57. The summed E-state index contributed by atoms with van der Waals surface area (Å²) >= 11 is 0. The summed E-state index contributed by atoms with van der Waals surface area (Å²) in [6.45, 7) is 8.01. The molecular formula is C23H27N7. The van der Waals surface area contributed by atoms with Crippen molar-refractivity contribution in [2.24, 2.45) is 5.92 Å². The number of anilines is 1. The molecule has 7 heteroatoms. The lowest BCUT2D eigenvalue weighted by molar-refractivity contribution is 0.197. The van der Waals surface area contributed by atoms with Gasteiger partial charge in [-0.2, -0.15) is 0 Å². The summed E-state index contributed by atoms with van der Waals surface area (Å²) in [5, 5.41) is 9.25. The molecule has 4 aromatic rings. The standard InChI is InChI=1S/C23H27N7/c1-16(2)15-29-9-5-19(6-10-29)27-23-26-14-21-20(7-11-30(21)28-23)18-12-17-4-3-8-24-22(17)25-13-18/h3-4,7-8,11-14,16,19H,5-6,9-10,15H2,1-2H3,(H,27,28). The molecule has 0 saturated carbocycles. The maximum absolute atomic E-state index is 4.69. The fourth-order valence-electron chi connectivity index (χ4n) is 4.28. The Hall–Kier alpha value is -3.06. The molecule has 0 unspecified atom stereocenters. The van der Waals surface area contributed by atoms with Crippen molar-refractivity contribution in [3.63, 3.8) is 0 Å². The molecule has 1 fully saturated rings. The molecule has 0 radical (unpaired) electrons. The van der Waals surface area contributed by atoms with Crippen LogP contribution < -0.4 is 5.32 Å². The van der Waals surface area contributed by atoms with E-state index in [1.807, 2.05) is 35.2 Å². The third-order valence-corrected chi connectivity index (χ3v) is 5.73. The highest BCUT2D eigenvalue weighted by atomic mass is 15.3. The Kier molecular flexibility index (Phi) is 5.04. The molecule has 0 atom stereocenters. The van der Waals surface area contributed by atoms with Gasteiger partial charge in [-0.05, 0) is 43.0 Å². The van der Waals surface area contributed by atoms with Crippen LogP contribution in [0.3, 0.4) is 0 Å². The first kappa shape index (κ1) is 18.9. The van der Waals surface area contributed by atoms with Crippen molar-refractivity contribution in [3.8, 4) is 11.1 Å². The van der Waals surface area contributed by atoms with Gasteiger partial charge >= 0.3 is 0 Å². The number of rotatable bonds is 5. The molecule has 5 rings (SSSR count). The first-order valence-electron chi connectivity index (χ1n) is 10.7. The average Bonchev–Trinajstić information content (AvgIpc) is 3.18. The number of piperidine rings is 1. The molecule has 1 saturated heterocycles. The molecule has 4 aromatic heterocycles. The van der Waals surface area contributed by atoms with Crippen LogP contribution in [0.1, 0.15) is 26.7 Å². The van der Waals surface area contributed by atoms with Crippen molar-refractivity contribution in [2.45, 2.75) is 32.7 Å². The molecule has 1 N–H and O–H groups in total. The summed E-state index contributed by atoms with van der Waals surface area (Å²) in [6.07, 6.45) is 9.76. The molecule has 1 aliphatic rings. The van der Waals surface area contributed by atoms with E-state index in [9.17, 15) is 0 Å². The zero-order valence-electron chi connectivity index (χ0n) is 17.5. The first-order valence-corrected chi connectivity index (χ1v) is 10.7. The second-order valence-corrected chi connectivity index (χ2v) is 8.53. The van der Waals surface area contributed by atoms with Crippen LogP contribution in [0.15, 0.2) is 49.1 Å². The largest absolute Gasteiger partial charge is 0.350 e. The zero-order valence-corrected chi connectivity index (χ0v) is 17.5. The third-order valence-electron chi connectivity index (χ3n) is 5.73. The first-order chi connectivity index (χ1) is 14.7. The van der Waals surface area contributed by atoms with Crippen LogP contribution >= 0.6 is 0 Å². The van der Waals surface area contributed by atoms with E-state index in [0.29, 0.717) is 12.0 Å². The molecule has 0 aromatic carbocycles. The lowest BCUT2D eigenvalue weighted by Gasteiger charge is -2.33. The van der Waals surface area contributed by atoms with Gasteiger partial charge in [0.15, 0.2) is 5.65 Å². The topological polar surface area (TPSA) is 71.2 Å². The Morgan fingerprint density at radius 3 is 2.80 bits per heavy atom. The Labute approximate surface area is 176 Å². The molecule has 30 heavy (non-hydrogen) atoms. The van der Waals surface area contributed by atoms with Crippen LogP contribution in [0, 0.1) is 5.92 Å². The summed E-state index contributed by atoms with van der Waals surface area (Å²) in [4.78, 5) is 15.9. The number of nitrogens with zero attached hydrogens (tertiary/aromatic N) is 6. The number of nitrogens with one attached hydrogen (secondary N) is 1. The van der Waals surface area contributed by atoms with Gasteiger partial charge in [-0.15, -0.1) is 5.10 Å². The minimum absolute atomic E-state index is 0.429. The lowest BCUT2D eigenvalue weighted by atomic mass is 10.0. The second kappa shape index (κ2) is 7.99. The molecule has 0 aliphatic carbocycles. The van der Waals surface area contributed by atoms with E-state index in [1.165, 1.54) is 6.54 Å². The average molecular weight is 402 g/mol. The van der Waals surface area contributed by atoms with Crippen molar-refractivity contribution in [1.29, 1.82) is 0 Å². The van der Waals surface area contributed by atoms with E-state index in [0.717, 1.165) is 59.5 Å². The Morgan fingerprint density at radius 1 is 1.10 bits per heavy atom. The number of aromatic nitrogens is 5. The van der Waals surface area contributed by atoms with Gasteiger partial charge < -0.3 is 10.2 Å². The van der Waals surface area contributed by atoms with Gasteiger partial charge in [0.05, 0.1) is 11.7 Å². The van der Waals surface area contributed by atoms with Crippen LogP contribution in [-0.2, 0) is 0 Å². The van der Waals surface area contributed by atoms with Gasteiger partial charge in [0, 0.05) is 60.8 Å². The molecule has 154 valence electrons. The van der Waals surface area contributed by atoms with E-state index < -0.39 is 0 Å². The third kappa shape index (κ3) is 3.85. The zero-order chi connectivity index (χ0) is 20.5. The normalized spacial score (nSPS) is 16.0. The maximum atomic E-state index is 4.69. The van der Waals surface area contributed by atoms with Gasteiger partial charge in [-0.1, -0.05) is 13.8 Å². The summed E-state index contributed by atoms with van der Waals surface area (Å²) in [5.41, 5.74) is 3.84. The molecule has 0 amide bonds. The Bertz CT molecular complexity index is 1160. The monoisotopic (exact) mass is 401 g/mol. The molecule has 0 spiro atoms. The van der Waals surface area contributed by atoms with Crippen LogP contribution in [0.5, 0.6) is 0 Å². The van der Waals surface area contributed by atoms with Crippen molar-refractivity contribution in [1.82, 2.24) is 29.5 Å². The lowest BCUT2D eigenvalue weighted by Crippen LogP contribution is -2.40. The Morgan fingerprint density at radius 2 is 1.97 bits per heavy atom. The smallest absolute Gasteiger partial charge is 0.241 e. The fraction of sp³-hybridized carbons (Fsp3) is 0.391. The van der Waals surface area contributed by atoms with Gasteiger partial charge in [-0.25, -0.2) is 19.5 Å². The van der Waals surface area contributed by atoms with Gasteiger partial charge in [0.1, 0.15) is 0 Å². The number of hydrogen-bond acceptors (Lipinski definition) is 6. The number of likely N-dealkylation sites (tertiary alicyclic amines) is 1. The minimum Gasteiger partial charge on any atom is -0.350 e. The number of pyridine rings is 2. The molecule has 1 aliphatic heterocycles.